The Morgan fingerprint density at radius 1 is 1.13 bits per heavy atom. The zero-order valence-electron chi connectivity index (χ0n) is 10.7. The van der Waals surface area contributed by atoms with Gasteiger partial charge in [0.1, 0.15) is 0 Å². The van der Waals surface area contributed by atoms with Crippen LogP contribution in [0.3, 0.4) is 0 Å². The molecule has 2 saturated carbocycles. The van der Waals surface area contributed by atoms with Crippen molar-refractivity contribution in [2.24, 2.45) is 11.3 Å². The van der Waals surface area contributed by atoms with Gasteiger partial charge in [-0.2, -0.15) is 0 Å². The first-order valence-electron chi connectivity index (χ1n) is 6.87. The SMILES string of the molecule is CCC(NC1CCC(C)(C)CC1)C1CC1. The first-order chi connectivity index (χ1) is 7.11. The fourth-order valence-electron chi connectivity index (χ4n) is 2.95. The van der Waals surface area contributed by atoms with Crippen molar-refractivity contribution in [3.05, 3.63) is 0 Å². The lowest BCUT2D eigenvalue weighted by Crippen LogP contribution is -2.42. The van der Waals surface area contributed by atoms with Crippen LogP contribution in [0, 0.1) is 11.3 Å². The highest BCUT2D eigenvalue weighted by molar-refractivity contribution is 4.90. The van der Waals surface area contributed by atoms with Crippen LogP contribution in [0.5, 0.6) is 0 Å². The maximum Gasteiger partial charge on any atom is 0.00952 e. The van der Waals surface area contributed by atoms with Gasteiger partial charge in [-0.15, -0.1) is 0 Å². The third-order valence-corrected chi connectivity index (χ3v) is 4.42. The maximum absolute atomic E-state index is 3.91. The molecule has 0 aromatic rings. The second-order valence-electron chi connectivity index (χ2n) is 6.46. The molecule has 1 unspecified atom stereocenters. The molecule has 0 amide bonds. The fourth-order valence-corrected chi connectivity index (χ4v) is 2.95. The molecule has 0 bridgehead atoms. The summed E-state index contributed by atoms with van der Waals surface area (Å²) in [5.41, 5.74) is 0.611. The van der Waals surface area contributed by atoms with E-state index >= 15 is 0 Å². The molecule has 2 aliphatic carbocycles. The molecule has 0 spiro atoms. The zero-order chi connectivity index (χ0) is 10.9. The Morgan fingerprint density at radius 3 is 2.20 bits per heavy atom. The summed E-state index contributed by atoms with van der Waals surface area (Å²) < 4.78 is 0. The van der Waals surface area contributed by atoms with Crippen molar-refractivity contribution in [3.63, 3.8) is 0 Å². The molecule has 88 valence electrons. The normalized spacial score (nSPS) is 29.0. The molecule has 2 rings (SSSR count). The molecule has 1 heteroatoms. The van der Waals surface area contributed by atoms with Crippen LogP contribution in [0.1, 0.15) is 65.7 Å². The smallest absolute Gasteiger partial charge is 0.00952 e. The van der Waals surface area contributed by atoms with Crippen LogP contribution in [0.4, 0.5) is 0 Å². The van der Waals surface area contributed by atoms with E-state index in [1.165, 1.54) is 44.9 Å². The molecule has 0 heterocycles. The summed E-state index contributed by atoms with van der Waals surface area (Å²) in [6.45, 7) is 7.17. The Labute approximate surface area is 95.0 Å². The van der Waals surface area contributed by atoms with Crippen molar-refractivity contribution < 1.29 is 0 Å². The molecule has 0 radical (unpaired) electrons. The van der Waals surface area contributed by atoms with Crippen LogP contribution in [-0.4, -0.2) is 12.1 Å². The van der Waals surface area contributed by atoms with E-state index in [1.54, 1.807) is 0 Å². The Kier molecular flexibility index (Phi) is 3.39. The minimum Gasteiger partial charge on any atom is -0.311 e. The minimum absolute atomic E-state index is 0.611. The summed E-state index contributed by atoms with van der Waals surface area (Å²) in [4.78, 5) is 0. The van der Waals surface area contributed by atoms with E-state index in [-0.39, 0.29) is 0 Å². The second-order valence-corrected chi connectivity index (χ2v) is 6.46. The van der Waals surface area contributed by atoms with Crippen LogP contribution in [0.25, 0.3) is 0 Å². The molecule has 0 aromatic carbocycles. The van der Waals surface area contributed by atoms with E-state index in [2.05, 4.69) is 26.1 Å². The number of hydrogen-bond acceptors (Lipinski definition) is 1. The van der Waals surface area contributed by atoms with Gasteiger partial charge < -0.3 is 5.32 Å². The van der Waals surface area contributed by atoms with Crippen molar-refractivity contribution in [1.29, 1.82) is 0 Å². The van der Waals surface area contributed by atoms with E-state index in [0.717, 1.165) is 18.0 Å². The van der Waals surface area contributed by atoms with Gasteiger partial charge in [-0.25, -0.2) is 0 Å². The van der Waals surface area contributed by atoms with Gasteiger partial charge >= 0.3 is 0 Å². The predicted molar refractivity (Wildman–Crippen MR) is 66.0 cm³/mol. The van der Waals surface area contributed by atoms with Crippen LogP contribution in [0.15, 0.2) is 0 Å². The van der Waals surface area contributed by atoms with Crippen LogP contribution in [-0.2, 0) is 0 Å². The van der Waals surface area contributed by atoms with Gasteiger partial charge in [0.15, 0.2) is 0 Å². The van der Waals surface area contributed by atoms with Crippen molar-refractivity contribution in [2.45, 2.75) is 77.8 Å². The summed E-state index contributed by atoms with van der Waals surface area (Å²) >= 11 is 0. The van der Waals surface area contributed by atoms with E-state index in [0.29, 0.717) is 5.41 Å². The van der Waals surface area contributed by atoms with Crippen molar-refractivity contribution >= 4 is 0 Å². The highest BCUT2D eigenvalue weighted by atomic mass is 15.0. The van der Waals surface area contributed by atoms with Gasteiger partial charge in [0.25, 0.3) is 0 Å². The first kappa shape index (κ1) is 11.4. The van der Waals surface area contributed by atoms with Gasteiger partial charge in [-0.05, 0) is 56.3 Å². The van der Waals surface area contributed by atoms with Crippen LogP contribution >= 0.6 is 0 Å². The highest BCUT2D eigenvalue weighted by Gasteiger charge is 2.33. The largest absolute Gasteiger partial charge is 0.311 e. The molecular formula is C14H27N. The molecule has 0 aromatic heterocycles. The van der Waals surface area contributed by atoms with Crippen molar-refractivity contribution in [2.75, 3.05) is 0 Å². The Balaban J connectivity index is 1.75. The highest BCUT2D eigenvalue weighted by Crippen LogP contribution is 2.38. The summed E-state index contributed by atoms with van der Waals surface area (Å²) in [5.74, 6) is 1.02. The summed E-state index contributed by atoms with van der Waals surface area (Å²) in [6.07, 6.45) is 9.89. The minimum atomic E-state index is 0.611. The Hall–Kier alpha value is -0.0400. The molecular weight excluding hydrogens is 182 g/mol. The summed E-state index contributed by atoms with van der Waals surface area (Å²) in [5, 5.41) is 3.91. The third kappa shape index (κ3) is 3.21. The Morgan fingerprint density at radius 2 is 1.73 bits per heavy atom. The summed E-state index contributed by atoms with van der Waals surface area (Å²) in [6, 6.07) is 1.65. The third-order valence-electron chi connectivity index (χ3n) is 4.42. The molecule has 2 aliphatic rings. The first-order valence-corrected chi connectivity index (χ1v) is 6.87. The maximum atomic E-state index is 3.91. The average Bonchev–Trinajstić information content (AvgIpc) is 3.00. The van der Waals surface area contributed by atoms with Crippen molar-refractivity contribution in [1.82, 2.24) is 5.32 Å². The van der Waals surface area contributed by atoms with Gasteiger partial charge in [-0.1, -0.05) is 20.8 Å². The molecule has 15 heavy (non-hydrogen) atoms. The fraction of sp³-hybridized carbons (Fsp3) is 1.00. The second kappa shape index (κ2) is 4.45. The predicted octanol–water partition coefficient (Wildman–Crippen LogP) is 3.73. The lowest BCUT2D eigenvalue weighted by atomic mass is 9.75. The number of hydrogen-bond donors (Lipinski definition) is 1. The molecule has 1 N–H and O–H groups in total. The van der Waals surface area contributed by atoms with Crippen molar-refractivity contribution in [3.8, 4) is 0 Å². The van der Waals surface area contributed by atoms with Gasteiger partial charge in [0.2, 0.25) is 0 Å². The lowest BCUT2D eigenvalue weighted by Gasteiger charge is -2.36. The average molecular weight is 209 g/mol. The zero-order valence-corrected chi connectivity index (χ0v) is 10.7. The van der Waals surface area contributed by atoms with Gasteiger partial charge in [0, 0.05) is 12.1 Å². The van der Waals surface area contributed by atoms with Gasteiger partial charge in [-0.3, -0.25) is 0 Å². The molecule has 1 nitrogen and oxygen atoms in total. The monoisotopic (exact) mass is 209 g/mol. The number of rotatable bonds is 4. The topological polar surface area (TPSA) is 12.0 Å². The van der Waals surface area contributed by atoms with E-state index < -0.39 is 0 Å². The van der Waals surface area contributed by atoms with Gasteiger partial charge in [0.05, 0.1) is 0 Å². The standard InChI is InChI=1S/C14H27N/c1-4-13(11-5-6-11)15-12-7-9-14(2,3)10-8-12/h11-13,15H,4-10H2,1-3H3. The summed E-state index contributed by atoms with van der Waals surface area (Å²) in [7, 11) is 0. The molecule has 2 fully saturated rings. The van der Waals surface area contributed by atoms with Crippen LogP contribution < -0.4 is 5.32 Å². The Bertz CT molecular complexity index is 195. The van der Waals surface area contributed by atoms with E-state index in [4.69, 9.17) is 0 Å². The quantitative estimate of drug-likeness (QED) is 0.744. The number of nitrogens with one attached hydrogen (secondary N) is 1. The molecule has 1 atom stereocenters. The van der Waals surface area contributed by atoms with E-state index in [9.17, 15) is 0 Å². The lowest BCUT2D eigenvalue weighted by molar-refractivity contribution is 0.193. The van der Waals surface area contributed by atoms with E-state index in [1.807, 2.05) is 0 Å². The van der Waals surface area contributed by atoms with Crippen LogP contribution in [0.2, 0.25) is 0 Å². The molecule has 0 aliphatic heterocycles. The molecule has 0 saturated heterocycles.